The Labute approximate surface area is 113 Å². The van der Waals surface area contributed by atoms with Gasteiger partial charge in [0.15, 0.2) is 0 Å². The van der Waals surface area contributed by atoms with Crippen LogP contribution in [0, 0.1) is 0 Å². The van der Waals surface area contributed by atoms with Crippen molar-refractivity contribution in [1.29, 1.82) is 0 Å². The molecule has 0 fully saturated rings. The molecule has 0 bridgehead atoms. The van der Waals surface area contributed by atoms with Crippen molar-refractivity contribution in [3.63, 3.8) is 0 Å². The minimum absolute atomic E-state index is 0.0801. The molecule has 1 aliphatic carbocycles. The third-order valence-electron chi connectivity index (χ3n) is 3.69. The van der Waals surface area contributed by atoms with E-state index in [2.05, 4.69) is 6.07 Å². The lowest BCUT2D eigenvalue weighted by molar-refractivity contribution is -0.143. The maximum Gasteiger partial charge on any atom is 0.305 e. The highest BCUT2D eigenvalue weighted by Crippen LogP contribution is 2.37. The van der Waals surface area contributed by atoms with Gasteiger partial charge >= 0.3 is 5.97 Å². The van der Waals surface area contributed by atoms with Gasteiger partial charge in [-0.1, -0.05) is 6.07 Å². The molecule has 1 aliphatic rings. The average Bonchev–Trinajstić information content (AvgIpc) is 2.71. The van der Waals surface area contributed by atoms with Gasteiger partial charge in [0, 0.05) is 18.4 Å². The van der Waals surface area contributed by atoms with E-state index in [9.17, 15) is 4.79 Å². The molecule has 19 heavy (non-hydrogen) atoms. The number of esters is 1. The van der Waals surface area contributed by atoms with Crippen LogP contribution in [-0.4, -0.2) is 25.7 Å². The van der Waals surface area contributed by atoms with E-state index < -0.39 is 0 Å². The molecule has 2 unspecified atom stereocenters. The van der Waals surface area contributed by atoms with Crippen LogP contribution in [0.3, 0.4) is 0 Å². The molecule has 104 valence electrons. The van der Waals surface area contributed by atoms with E-state index in [1.54, 1.807) is 7.11 Å². The lowest BCUT2D eigenvalue weighted by Gasteiger charge is -2.16. The summed E-state index contributed by atoms with van der Waals surface area (Å²) < 4.78 is 10.2. The van der Waals surface area contributed by atoms with Crippen molar-refractivity contribution in [2.24, 2.45) is 5.73 Å². The van der Waals surface area contributed by atoms with Gasteiger partial charge in [-0.25, -0.2) is 0 Å². The van der Waals surface area contributed by atoms with Gasteiger partial charge in [-0.2, -0.15) is 0 Å². The molecule has 2 atom stereocenters. The molecule has 4 nitrogen and oxygen atoms in total. The zero-order valence-electron chi connectivity index (χ0n) is 11.5. The molecule has 0 saturated heterocycles. The first-order valence-corrected chi connectivity index (χ1v) is 6.73. The summed E-state index contributed by atoms with van der Waals surface area (Å²) in [5.74, 6) is 0.957. The van der Waals surface area contributed by atoms with E-state index in [4.69, 9.17) is 15.2 Å². The molecule has 4 heteroatoms. The van der Waals surface area contributed by atoms with Crippen LogP contribution >= 0.6 is 0 Å². The Morgan fingerprint density at radius 1 is 1.47 bits per heavy atom. The van der Waals surface area contributed by atoms with Gasteiger partial charge < -0.3 is 15.2 Å². The van der Waals surface area contributed by atoms with E-state index in [-0.39, 0.29) is 17.9 Å². The molecule has 0 radical (unpaired) electrons. The summed E-state index contributed by atoms with van der Waals surface area (Å²) in [7, 11) is 1.66. The first-order chi connectivity index (χ1) is 9.15. The molecule has 0 amide bonds. The van der Waals surface area contributed by atoms with Crippen LogP contribution in [0.2, 0.25) is 0 Å². The summed E-state index contributed by atoms with van der Waals surface area (Å²) in [6.07, 6.45) is 2.02. The van der Waals surface area contributed by atoms with Crippen LogP contribution in [0.25, 0.3) is 0 Å². The molecule has 0 spiro atoms. The molecular weight excluding hydrogens is 242 g/mol. The molecule has 2 N–H and O–H groups in total. The fourth-order valence-electron chi connectivity index (χ4n) is 2.75. The second-order valence-electron chi connectivity index (χ2n) is 4.88. The number of benzene rings is 1. The molecule has 2 rings (SSSR count). The van der Waals surface area contributed by atoms with Gasteiger partial charge in [0.05, 0.1) is 13.7 Å². The predicted octanol–water partition coefficient (Wildman–Crippen LogP) is 2.01. The van der Waals surface area contributed by atoms with Gasteiger partial charge in [0.2, 0.25) is 0 Å². The quantitative estimate of drug-likeness (QED) is 0.825. The van der Waals surface area contributed by atoms with Crippen LogP contribution in [0.1, 0.15) is 36.8 Å². The van der Waals surface area contributed by atoms with Crippen molar-refractivity contribution in [1.82, 2.24) is 0 Å². The highest BCUT2D eigenvalue weighted by Gasteiger charge is 2.30. The van der Waals surface area contributed by atoms with Crippen molar-refractivity contribution in [3.8, 4) is 5.75 Å². The number of ether oxygens (including phenoxy) is 2. The molecule has 1 aromatic carbocycles. The number of hydrogen-bond acceptors (Lipinski definition) is 4. The van der Waals surface area contributed by atoms with E-state index in [0.717, 1.165) is 18.6 Å². The van der Waals surface area contributed by atoms with E-state index >= 15 is 0 Å². The lowest BCUT2D eigenvalue weighted by Crippen LogP contribution is -2.25. The van der Waals surface area contributed by atoms with Gasteiger partial charge in [0.1, 0.15) is 5.75 Å². The average molecular weight is 263 g/mol. The second-order valence-corrected chi connectivity index (χ2v) is 4.88. The Bertz CT molecular complexity index is 459. The Hall–Kier alpha value is -1.55. The molecule has 0 aliphatic heterocycles. The fraction of sp³-hybridized carbons (Fsp3) is 0.533. The standard InChI is InChI=1S/C15H21NO3/c1-3-19-15(17)7-6-13-12-5-4-11(18-2)8-10(12)9-14(13)16/h4-5,8,13-14H,3,6-7,9,16H2,1-2H3. The number of nitrogens with two attached hydrogens (primary N) is 1. The zero-order valence-corrected chi connectivity index (χ0v) is 11.5. The number of rotatable bonds is 5. The third-order valence-corrected chi connectivity index (χ3v) is 3.69. The Kier molecular flexibility index (Phi) is 4.43. The van der Waals surface area contributed by atoms with Crippen LogP contribution in [-0.2, 0) is 16.0 Å². The van der Waals surface area contributed by atoms with E-state index in [1.807, 2.05) is 19.1 Å². The molecule has 0 aromatic heterocycles. The SMILES string of the molecule is CCOC(=O)CCC1c2ccc(OC)cc2CC1N. The van der Waals surface area contributed by atoms with Crippen molar-refractivity contribution in [2.75, 3.05) is 13.7 Å². The number of carbonyl (C=O) groups is 1. The van der Waals surface area contributed by atoms with Crippen molar-refractivity contribution >= 4 is 5.97 Å². The second kappa shape index (κ2) is 6.06. The smallest absolute Gasteiger partial charge is 0.305 e. The van der Waals surface area contributed by atoms with Gasteiger partial charge in [0.25, 0.3) is 0 Å². The fourth-order valence-corrected chi connectivity index (χ4v) is 2.75. The predicted molar refractivity (Wildman–Crippen MR) is 73.3 cm³/mol. The molecular formula is C15H21NO3. The van der Waals surface area contributed by atoms with Crippen molar-refractivity contribution in [2.45, 2.75) is 38.1 Å². The topological polar surface area (TPSA) is 61.5 Å². The third kappa shape index (κ3) is 3.07. The summed E-state index contributed by atoms with van der Waals surface area (Å²) in [6, 6.07) is 6.14. The van der Waals surface area contributed by atoms with Crippen molar-refractivity contribution < 1.29 is 14.3 Å². The summed E-state index contributed by atoms with van der Waals surface area (Å²) in [6.45, 7) is 2.25. The Balaban J connectivity index is 2.05. The van der Waals surface area contributed by atoms with Gasteiger partial charge in [-0.05, 0) is 43.0 Å². The highest BCUT2D eigenvalue weighted by molar-refractivity contribution is 5.69. The molecule has 1 aromatic rings. The van der Waals surface area contributed by atoms with Crippen molar-refractivity contribution in [3.05, 3.63) is 29.3 Å². The van der Waals surface area contributed by atoms with Crippen LogP contribution in [0.5, 0.6) is 5.75 Å². The van der Waals surface area contributed by atoms with Gasteiger partial charge in [-0.15, -0.1) is 0 Å². The zero-order chi connectivity index (χ0) is 13.8. The minimum atomic E-state index is -0.142. The number of fused-ring (bicyclic) bond motifs is 1. The lowest BCUT2D eigenvalue weighted by atomic mass is 9.93. The molecule has 0 saturated carbocycles. The Morgan fingerprint density at radius 2 is 2.26 bits per heavy atom. The minimum Gasteiger partial charge on any atom is -0.497 e. The Morgan fingerprint density at radius 3 is 2.95 bits per heavy atom. The normalized spacial score (nSPS) is 21.0. The maximum absolute atomic E-state index is 11.4. The summed E-state index contributed by atoms with van der Waals surface area (Å²) in [5, 5.41) is 0. The van der Waals surface area contributed by atoms with E-state index in [1.165, 1.54) is 11.1 Å². The van der Waals surface area contributed by atoms with Crippen LogP contribution < -0.4 is 10.5 Å². The summed E-state index contributed by atoms with van der Waals surface area (Å²) in [4.78, 5) is 11.4. The highest BCUT2D eigenvalue weighted by atomic mass is 16.5. The maximum atomic E-state index is 11.4. The van der Waals surface area contributed by atoms with Gasteiger partial charge in [-0.3, -0.25) is 4.79 Å². The van der Waals surface area contributed by atoms with E-state index in [0.29, 0.717) is 13.0 Å². The largest absolute Gasteiger partial charge is 0.497 e. The summed E-state index contributed by atoms with van der Waals surface area (Å²) >= 11 is 0. The van der Waals surface area contributed by atoms with Crippen LogP contribution in [0.4, 0.5) is 0 Å². The molecule has 0 heterocycles. The summed E-state index contributed by atoms with van der Waals surface area (Å²) in [5.41, 5.74) is 8.67. The number of methoxy groups -OCH3 is 1. The first-order valence-electron chi connectivity index (χ1n) is 6.73. The number of hydrogen-bond donors (Lipinski definition) is 1. The monoisotopic (exact) mass is 263 g/mol. The van der Waals surface area contributed by atoms with Crippen LogP contribution in [0.15, 0.2) is 18.2 Å². The first kappa shape index (κ1) is 13.9. The number of carbonyl (C=O) groups excluding carboxylic acids is 1.